The highest BCUT2D eigenvalue weighted by molar-refractivity contribution is 5.97. The van der Waals surface area contributed by atoms with Crippen LogP contribution in [0.15, 0.2) is 60.9 Å². The van der Waals surface area contributed by atoms with E-state index in [9.17, 15) is 39.0 Å². The van der Waals surface area contributed by atoms with Gasteiger partial charge in [-0.2, -0.15) is 0 Å². The molecule has 0 spiro atoms. The molecule has 0 aliphatic heterocycles. The molecule has 0 bridgehead atoms. The summed E-state index contributed by atoms with van der Waals surface area (Å²) in [4.78, 5) is 83.2. The Hall–Kier alpha value is -5.74. The Morgan fingerprint density at radius 2 is 1.17 bits per heavy atom. The van der Waals surface area contributed by atoms with Crippen LogP contribution in [0.25, 0.3) is 21.8 Å². The van der Waals surface area contributed by atoms with Crippen molar-refractivity contribution < 1.29 is 44.1 Å². The first kappa shape index (κ1) is 39.1. The van der Waals surface area contributed by atoms with Crippen LogP contribution in [0.3, 0.4) is 0 Å². The lowest BCUT2D eigenvalue weighted by Gasteiger charge is -2.28. The lowest BCUT2D eigenvalue weighted by molar-refractivity contribution is -0.147. The van der Waals surface area contributed by atoms with Gasteiger partial charge in [0.2, 0.25) is 23.6 Å². The van der Waals surface area contributed by atoms with Crippen LogP contribution in [0.4, 0.5) is 0 Å². The predicted molar refractivity (Wildman–Crippen MR) is 191 cm³/mol. The van der Waals surface area contributed by atoms with Gasteiger partial charge in [0.25, 0.3) is 0 Å². The van der Waals surface area contributed by atoms with Gasteiger partial charge in [0.1, 0.15) is 24.2 Å². The van der Waals surface area contributed by atoms with Crippen LogP contribution in [-0.2, 0) is 41.6 Å². The molecule has 0 aliphatic carbocycles. The maximum absolute atomic E-state index is 13.7. The van der Waals surface area contributed by atoms with E-state index in [-0.39, 0.29) is 25.2 Å². The van der Waals surface area contributed by atoms with Crippen molar-refractivity contribution in [3.63, 3.8) is 0 Å². The predicted octanol–water partition coefficient (Wildman–Crippen LogP) is 0.687. The van der Waals surface area contributed by atoms with Crippen LogP contribution < -0.4 is 27.0 Å². The number of rotatable bonds is 18. The van der Waals surface area contributed by atoms with Gasteiger partial charge in [-0.05, 0) is 48.9 Å². The number of para-hydroxylation sites is 2. The van der Waals surface area contributed by atoms with Gasteiger partial charge in [-0.1, -0.05) is 50.2 Å². The van der Waals surface area contributed by atoms with Crippen LogP contribution in [0.1, 0.15) is 44.7 Å². The Labute approximate surface area is 298 Å². The number of carbonyl (C=O) groups excluding carboxylic acids is 4. The molecule has 0 saturated carbocycles. The molecule has 0 unspecified atom stereocenters. The SMILES string of the molecule is CC(C)C[C@H](NC(=O)[C@@H](N)Cc1c[nH]c2ccccc12)C(=O)N[C@H](C(=O)N[C@@H](Cc1c[nH]c2ccccc12)C(=O)N[C@@H](CC(=O)O)C(=O)O)[C@@H](C)O. The average molecular weight is 720 g/mol. The second-order valence-corrected chi connectivity index (χ2v) is 13.2. The lowest BCUT2D eigenvalue weighted by atomic mass is 10.00. The summed E-state index contributed by atoms with van der Waals surface area (Å²) in [5, 5.41) is 40.7. The van der Waals surface area contributed by atoms with Gasteiger partial charge < -0.3 is 52.3 Å². The molecule has 0 aliphatic rings. The van der Waals surface area contributed by atoms with Crippen LogP contribution in [0.5, 0.6) is 0 Å². The molecule has 11 N–H and O–H groups in total. The zero-order valence-electron chi connectivity index (χ0n) is 29.0. The molecule has 6 atom stereocenters. The van der Waals surface area contributed by atoms with Gasteiger partial charge in [-0.3, -0.25) is 24.0 Å². The number of nitrogens with two attached hydrogens (primary N) is 1. The minimum atomic E-state index is -1.80. The number of H-pyrrole nitrogens is 2. The second kappa shape index (κ2) is 17.5. The summed E-state index contributed by atoms with van der Waals surface area (Å²) in [6, 6.07) is 7.61. The minimum Gasteiger partial charge on any atom is -0.481 e. The van der Waals surface area contributed by atoms with Gasteiger partial charge >= 0.3 is 11.9 Å². The van der Waals surface area contributed by atoms with Crippen molar-refractivity contribution in [1.29, 1.82) is 0 Å². The largest absolute Gasteiger partial charge is 0.481 e. The van der Waals surface area contributed by atoms with Crippen molar-refractivity contribution in [3.8, 4) is 0 Å². The number of carboxylic acids is 2. The lowest BCUT2D eigenvalue weighted by Crippen LogP contribution is -2.61. The van der Waals surface area contributed by atoms with E-state index in [1.54, 1.807) is 36.7 Å². The maximum Gasteiger partial charge on any atom is 0.326 e. The molecule has 4 amide bonds. The van der Waals surface area contributed by atoms with E-state index in [1.165, 1.54) is 6.92 Å². The Bertz CT molecular complexity index is 1920. The number of aliphatic carboxylic acids is 2. The molecule has 2 heterocycles. The highest BCUT2D eigenvalue weighted by atomic mass is 16.4. The van der Waals surface area contributed by atoms with E-state index in [0.29, 0.717) is 10.9 Å². The quantitative estimate of drug-likeness (QED) is 0.0687. The van der Waals surface area contributed by atoms with E-state index in [2.05, 4.69) is 31.2 Å². The van der Waals surface area contributed by atoms with E-state index >= 15 is 0 Å². The number of aliphatic hydroxyl groups excluding tert-OH is 1. The summed E-state index contributed by atoms with van der Waals surface area (Å²) in [5.41, 5.74) is 9.26. The zero-order valence-corrected chi connectivity index (χ0v) is 29.0. The fourth-order valence-corrected chi connectivity index (χ4v) is 5.91. The number of hydrogen-bond acceptors (Lipinski definition) is 8. The third kappa shape index (κ3) is 10.2. The fraction of sp³-hybridized carbons (Fsp3) is 0.389. The van der Waals surface area contributed by atoms with E-state index < -0.39 is 78.3 Å². The molecule has 2 aromatic carbocycles. The fourth-order valence-electron chi connectivity index (χ4n) is 5.91. The molecule has 52 heavy (non-hydrogen) atoms. The van der Waals surface area contributed by atoms with Crippen molar-refractivity contribution in [2.24, 2.45) is 11.7 Å². The minimum absolute atomic E-state index is 0.0862. The van der Waals surface area contributed by atoms with Gasteiger partial charge in [0.05, 0.1) is 18.6 Å². The molecule has 16 nitrogen and oxygen atoms in total. The average Bonchev–Trinajstić information content (AvgIpc) is 3.69. The molecular weight excluding hydrogens is 674 g/mol. The van der Waals surface area contributed by atoms with Gasteiger partial charge in [0, 0.05) is 40.6 Å². The van der Waals surface area contributed by atoms with E-state index in [4.69, 9.17) is 10.8 Å². The third-order valence-corrected chi connectivity index (χ3v) is 8.58. The number of nitrogens with one attached hydrogen (secondary N) is 6. The second-order valence-electron chi connectivity index (χ2n) is 13.2. The summed E-state index contributed by atoms with van der Waals surface area (Å²) in [6.07, 6.45) is 1.15. The van der Waals surface area contributed by atoms with Crippen LogP contribution in [-0.4, -0.2) is 97.2 Å². The first-order valence-corrected chi connectivity index (χ1v) is 16.8. The summed E-state index contributed by atoms with van der Waals surface area (Å²) in [7, 11) is 0. The monoisotopic (exact) mass is 719 g/mol. The molecule has 4 aromatic rings. The molecule has 0 radical (unpaired) electrons. The number of aliphatic hydroxyl groups is 1. The number of aromatic nitrogens is 2. The van der Waals surface area contributed by atoms with Crippen LogP contribution in [0.2, 0.25) is 0 Å². The Morgan fingerprint density at radius 3 is 1.69 bits per heavy atom. The Morgan fingerprint density at radius 1 is 0.673 bits per heavy atom. The number of carbonyl (C=O) groups is 6. The van der Waals surface area contributed by atoms with Crippen LogP contribution in [0, 0.1) is 5.92 Å². The molecule has 0 saturated heterocycles. The van der Waals surface area contributed by atoms with Crippen molar-refractivity contribution in [2.75, 3.05) is 0 Å². The number of amides is 4. The standard InChI is InChI=1S/C36H45N7O9/c1-18(2)12-27(40-32(47)24(37)13-20-16-38-25-10-6-4-8-22(20)25)34(49)43-31(19(3)44)35(50)41-28(33(48)42-29(36(51)52)15-30(45)46)14-21-17-39-26-11-7-5-9-23(21)26/h4-11,16-19,24,27-29,31,38-39,44H,12-15,37H2,1-3H3,(H,40,47)(H,41,50)(H,42,48)(H,43,49)(H,45,46)(H,51,52)/t19-,24+,27+,28+,29+,31+/m1/s1. The van der Waals surface area contributed by atoms with E-state index in [0.717, 1.165) is 22.0 Å². The smallest absolute Gasteiger partial charge is 0.326 e. The van der Waals surface area contributed by atoms with Crippen molar-refractivity contribution >= 4 is 57.4 Å². The molecule has 16 heteroatoms. The molecule has 2 aromatic heterocycles. The van der Waals surface area contributed by atoms with Gasteiger partial charge in [0.15, 0.2) is 0 Å². The third-order valence-electron chi connectivity index (χ3n) is 8.58. The summed E-state index contributed by atoms with van der Waals surface area (Å²) >= 11 is 0. The highest BCUT2D eigenvalue weighted by Crippen LogP contribution is 2.20. The number of carboxylic acid groups (broad SMARTS) is 2. The van der Waals surface area contributed by atoms with Gasteiger partial charge in [-0.15, -0.1) is 0 Å². The first-order chi connectivity index (χ1) is 24.6. The van der Waals surface area contributed by atoms with Crippen molar-refractivity contribution in [3.05, 3.63) is 72.1 Å². The summed E-state index contributed by atoms with van der Waals surface area (Å²) in [6.45, 7) is 4.92. The first-order valence-electron chi connectivity index (χ1n) is 16.8. The number of benzene rings is 2. The maximum atomic E-state index is 13.7. The Kier molecular flexibility index (Phi) is 13.1. The zero-order chi connectivity index (χ0) is 38.1. The van der Waals surface area contributed by atoms with E-state index in [1.807, 2.05) is 38.1 Å². The highest BCUT2D eigenvalue weighted by Gasteiger charge is 2.35. The molecule has 278 valence electrons. The topological polar surface area (TPSA) is 269 Å². The molecule has 0 fully saturated rings. The van der Waals surface area contributed by atoms with Crippen LogP contribution >= 0.6 is 0 Å². The van der Waals surface area contributed by atoms with Crippen molar-refractivity contribution in [1.82, 2.24) is 31.2 Å². The Balaban J connectivity index is 1.51. The molecular formula is C36H45N7O9. The summed E-state index contributed by atoms with van der Waals surface area (Å²) < 4.78 is 0. The number of fused-ring (bicyclic) bond motifs is 2. The normalized spacial score (nSPS) is 14.9. The summed E-state index contributed by atoms with van der Waals surface area (Å²) in [5.74, 6) is -6.53. The van der Waals surface area contributed by atoms with Crippen molar-refractivity contribution in [2.45, 2.75) is 82.8 Å². The number of hydrogen-bond donors (Lipinski definition) is 10. The van der Waals surface area contributed by atoms with Gasteiger partial charge in [-0.25, -0.2) is 4.79 Å². The molecule has 4 rings (SSSR count). The number of aromatic amines is 2.